The molecule has 2 aromatic rings. The lowest BCUT2D eigenvalue weighted by Gasteiger charge is -2.30. The van der Waals surface area contributed by atoms with E-state index in [1.54, 1.807) is 26.4 Å². The number of hydrogen-bond donors (Lipinski definition) is 1. The zero-order valence-electron chi connectivity index (χ0n) is 17.6. The van der Waals surface area contributed by atoms with Crippen LogP contribution in [0.1, 0.15) is 49.2 Å². The molecular formula is C24H28O6. The zero-order valence-corrected chi connectivity index (χ0v) is 17.6. The summed E-state index contributed by atoms with van der Waals surface area (Å²) in [6, 6.07) is 13.0. The SMILES string of the molecule is CCCC1CCOC(c2ccc(/C(=C\C(=O)O)c3ccc(OC)c(OC)c3)cc2)O1. The van der Waals surface area contributed by atoms with Gasteiger partial charge in [-0.3, -0.25) is 0 Å². The first-order valence-corrected chi connectivity index (χ1v) is 10.1. The molecule has 2 aromatic carbocycles. The van der Waals surface area contributed by atoms with Gasteiger partial charge in [-0.2, -0.15) is 0 Å². The Bertz CT molecular complexity index is 885. The molecule has 160 valence electrons. The van der Waals surface area contributed by atoms with Crippen molar-refractivity contribution in [2.75, 3.05) is 20.8 Å². The van der Waals surface area contributed by atoms with Gasteiger partial charge >= 0.3 is 5.97 Å². The third kappa shape index (κ3) is 5.20. The molecule has 0 spiro atoms. The second-order valence-corrected chi connectivity index (χ2v) is 7.13. The Kier molecular flexibility index (Phi) is 7.49. The van der Waals surface area contributed by atoms with Gasteiger partial charge in [0, 0.05) is 11.6 Å². The van der Waals surface area contributed by atoms with Crippen molar-refractivity contribution in [1.29, 1.82) is 0 Å². The van der Waals surface area contributed by atoms with Gasteiger partial charge in [0.05, 0.1) is 26.9 Å². The summed E-state index contributed by atoms with van der Waals surface area (Å²) in [5.74, 6) is 0.0959. The van der Waals surface area contributed by atoms with Crippen LogP contribution in [0.4, 0.5) is 0 Å². The molecule has 0 saturated carbocycles. The van der Waals surface area contributed by atoms with Gasteiger partial charge in [-0.05, 0) is 41.7 Å². The van der Waals surface area contributed by atoms with Crippen molar-refractivity contribution >= 4 is 11.5 Å². The highest BCUT2D eigenvalue weighted by Gasteiger charge is 2.24. The van der Waals surface area contributed by atoms with E-state index in [-0.39, 0.29) is 6.10 Å². The molecule has 1 aliphatic rings. The molecule has 1 fully saturated rings. The first-order chi connectivity index (χ1) is 14.5. The molecule has 1 aliphatic heterocycles. The maximum Gasteiger partial charge on any atom is 0.328 e. The van der Waals surface area contributed by atoms with E-state index in [9.17, 15) is 9.90 Å². The molecule has 30 heavy (non-hydrogen) atoms. The van der Waals surface area contributed by atoms with E-state index >= 15 is 0 Å². The fraction of sp³-hybridized carbons (Fsp3) is 0.375. The van der Waals surface area contributed by atoms with Gasteiger partial charge in [0.25, 0.3) is 0 Å². The minimum Gasteiger partial charge on any atom is -0.493 e. The van der Waals surface area contributed by atoms with Crippen LogP contribution in [-0.2, 0) is 14.3 Å². The maximum atomic E-state index is 11.5. The fourth-order valence-electron chi connectivity index (χ4n) is 3.58. The molecule has 0 radical (unpaired) electrons. The predicted octanol–water partition coefficient (Wildman–Crippen LogP) is 4.82. The van der Waals surface area contributed by atoms with Crippen LogP contribution in [0.15, 0.2) is 48.5 Å². The van der Waals surface area contributed by atoms with Crippen LogP contribution < -0.4 is 9.47 Å². The first-order valence-electron chi connectivity index (χ1n) is 10.1. The lowest BCUT2D eigenvalue weighted by atomic mass is 9.96. The molecule has 0 amide bonds. The molecule has 0 aromatic heterocycles. The highest BCUT2D eigenvalue weighted by molar-refractivity contribution is 5.95. The van der Waals surface area contributed by atoms with Gasteiger partial charge in [0.2, 0.25) is 0 Å². The van der Waals surface area contributed by atoms with Gasteiger partial charge in [-0.1, -0.05) is 43.7 Å². The van der Waals surface area contributed by atoms with Crippen LogP contribution in [0.3, 0.4) is 0 Å². The molecule has 0 aliphatic carbocycles. The Morgan fingerprint density at radius 2 is 1.80 bits per heavy atom. The number of benzene rings is 2. The van der Waals surface area contributed by atoms with E-state index in [0.29, 0.717) is 23.7 Å². The van der Waals surface area contributed by atoms with Crippen molar-refractivity contribution in [2.45, 2.75) is 38.6 Å². The van der Waals surface area contributed by atoms with E-state index in [1.807, 2.05) is 30.3 Å². The van der Waals surface area contributed by atoms with Crippen molar-refractivity contribution in [3.05, 3.63) is 65.2 Å². The van der Waals surface area contributed by atoms with Crippen molar-refractivity contribution in [2.24, 2.45) is 0 Å². The molecule has 3 rings (SSSR count). The van der Waals surface area contributed by atoms with Crippen LogP contribution in [0.5, 0.6) is 11.5 Å². The van der Waals surface area contributed by atoms with E-state index in [1.165, 1.54) is 6.08 Å². The first kappa shape index (κ1) is 21.9. The molecule has 6 nitrogen and oxygen atoms in total. The number of carboxylic acids is 1. The summed E-state index contributed by atoms with van der Waals surface area (Å²) in [6.45, 7) is 2.82. The summed E-state index contributed by atoms with van der Waals surface area (Å²) in [4.78, 5) is 11.5. The van der Waals surface area contributed by atoms with Crippen LogP contribution in [0.25, 0.3) is 5.57 Å². The third-order valence-electron chi connectivity index (χ3n) is 5.09. The molecule has 2 atom stereocenters. The largest absolute Gasteiger partial charge is 0.493 e. The number of rotatable bonds is 8. The topological polar surface area (TPSA) is 74.2 Å². The Labute approximate surface area is 177 Å². The van der Waals surface area contributed by atoms with Crippen molar-refractivity contribution in [3.8, 4) is 11.5 Å². The number of methoxy groups -OCH3 is 2. The average molecular weight is 412 g/mol. The molecule has 1 saturated heterocycles. The Morgan fingerprint density at radius 1 is 1.10 bits per heavy atom. The van der Waals surface area contributed by atoms with Gasteiger partial charge in [0.1, 0.15) is 0 Å². The minimum absolute atomic E-state index is 0.211. The smallest absolute Gasteiger partial charge is 0.328 e. The number of ether oxygens (including phenoxy) is 4. The summed E-state index contributed by atoms with van der Waals surface area (Å²) in [6.07, 6.45) is 4.02. The van der Waals surface area contributed by atoms with E-state index in [0.717, 1.165) is 36.0 Å². The monoisotopic (exact) mass is 412 g/mol. The number of hydrogen-bond acceptors (Lipinski definition) is 5. The lowest BCUT2D eigenvalue weighted by molar-refractivity contribution is -0.218. The quantitative estimate of drug-likeness (QED) is 0.627. The van der Waals surface area contributed by atoms with Crippen molar-refractivity contribution < 1.29 is 28.8 Å². The summed E-state index contributed by atoms with van der Waals surface area (Å²) in [7, 11) is 3.11. The highest BCUT2D eigenvalue weighted by Crippen LogP contribution is 2.34. The van der Waals surface area contributed by atoms with E-state index in [2.05, 4.69) is 6.92 Å². The summed E-state index contributed by atoms with van der Waals surface area (Å²) in [5.41, 5.74) is 2.98. The standard InChI is InChI=1S/C24H28O6/c1-4-5-19-12-13-29-24(30-19)17-8-6-16(7-9-17)20(15-23(25)26)18-10-11-21(27-2)22(14-18)28-3/h6-11,14-15,19,24H,4-5,12-13H2,1-3H3,(H,25,26)/b20-15+. The predicted molar refractivity (Wildman–Crippen MR) is 114 cm³/mol. The molecule has 0 bridgehead atoms. The van der Waals surface area contributed by atoms with Crippen LogP contribution >= 0.6 is 0 Å². The van der Waals surface area contributed by atoms with Crippen LogP contribution in [0, 0.1) is 0 Å². The van der Waals surface area contributed by atoms with Crippen molar-refractivity contribution in [3.63, 3.8) is 0 Å². The van der Waals surface area contributed by atoms with Crippen molar-refractivity contribution in [1.82, 2.24) is 0 Å². The average Bonchev–Trinajstić information content (AvgIpc) is 2.77. The highest BCUT2D eigenvalue weighted by atomic mass is 16.7. The van der Waals surface area contributed by atoms with Gasteiger partial charge in [-0.25, -0.2) is 4.79 Å². The summed E-state index contributed by atoms with van der Waals surface area (Å²) >= 11 is 0. The minimum atomic E-state index is -1.02. The maximum absolute atomic E-state index is 11.5. The van der Waals surface area contributed by atoms with Gasteiger partial charge in [0.15, 0.2) is 17.8 Å². The fourth-order valence-corrected chi connectivity index (χ4v) is 3.58. The second-order valence-electron chi connectivity index (χ2n) is 7.13. The Balaban J connectivity index is 1.88. The number of carboxylic acid groups (broad SMARTS) is 1. The molecule has 1 N–H and O–H groups in total. The number of carbonyl (C=O) groups is 1. The Morgan fingerprint density at radius 3 is 2.43 bits per heavy atom. The molecule has 1 heterocycles. The normalized spacial score (nSPS) is 19.4. The lowest BCUT2D eigenvalue weighted by Crippen LogP contribution is -2.26. The van der Waals surface area contributed by atoms with Gasteiger partial charge < -0.3 is 24.1 Å². The molecular weight excluding hydrogens is 384 g/mol. The number of aliphatic carboxylic acids is 1. The summed E-state index contributed by atoms with van der Waals surface area (Å²) < 4.78 is 22.5. The van der Waals surface area contributed by atoms with E-state index < -0.39 is 12.3 Å². The second kappa shape index (κ2) is 10.3. The Hall–Kier alpha value is -2.83. The summed E-state index contributed by atoms with van der Waals surface area (Å²) in [5, 5.41) is 9.40. The third-order valence-corrected chi connectivity index (χ3v) is 5.09. The van der Waals surface area contributed by atoms with Gasteiger partial charge in [-0.15, -0.1) is 0 Å². The molecule has 2 unspecified atom stereocenters. The van der Waals surface area contributed by atoms with Crippen LogP contribution in [0.2, 0.25) is 0 Å². The zero-order chi connectivity index (χ0) is 21.5. The van der Waals surface area contributed by atoms with E-state index in [4.69, 9.17) is 18.9 Å². The van der Waals surface area contributed by atoms with Crippen LogP contribution in [-0.4, -0.2) is 38.0 Å². The molecule has 6 heteroatoms.